The van der Waals surface area contributed by atoms with E-state index in [2.05, 4.69) is 0 Å². The van der Waals surface area contributed by atoms with E-state index in [1.807, 2.05) is 24.3 Å². The lowest BCUT2D eigenvalue weighted by atomic mass is 10.0. The van der Waals surface area contributed by atoms with Gasteiger partial charge in [0.1, 0.15) is 17.2 Å². The highest BCUT2D eigenvalue weighted by Crippen LogP contribution is 2.34. The molecule has 30 heavy (non-hydrogen) atoms. The van der Waals surface area contributed by atoms with E-state index in [-0.39, 0.29) is 22.9 Å². The van der Waals surface area contributed by atoms with Crippen molar-refractivity contribution in [2.75, 3.05) is 18.6 Å². The number of anilines is 1. The molecule has 1 aliphatic heterocycles. The number of non-ortho nitro benzene ring substituents is 1. The van der Waals surface area contributed by atoms with Crippen molar-refractivity contribution in [3.05, 3.63) is 88.0 Å². The lowest BCUT2D eigenvalue weighted by molar-refractivity contribution is -0.384. The summed E-state index contributed by atoms with van der Waals surface area (Å²) in [6.07, 6.45) is 1.72. The molecule has 0 fully saturated rings. The SMILES string of the molecule is COc1ccc(Oc2ccc([N+](=O)[O-])cc2C(=O)N2CCCc3ccccc32)cc1. The maximum atomic E-state index is 13.5. The standard InChI is InChI=1S/C23H20N2O5/c1-29-18-9-11-19(12-10-18)30-22-13-8-17(25(27)28)15-20(22)23(26)24-14-4-6-16-5-2-3-7-21(16)24/h2-3,5,7-13,15H,4,6,14H2,1H3. The molecular weight excluding hydrogens is 384 g/mol. The summed E-state index contributed by atoms with van der Waals surface area (Å²) in [4.78, 5) is 25.9. The van der Waals surface area contributed by atoms with Crippen molar-refractivity contribution >= 4 is 17.3 Å². The molecule has 1 amide bonds. The number of methoxy groups -OCH3 is 1. The molecule has 3 aromatic carbocycles. The minimum atomic E-state index is -0.516. The van der Waals surface area contributed by atoms with Crippen molar-refractivity contribution in [1.29, 1.82) is 0 Å². The van der Waals surface area contributed by atoms with Crippen LogP contribution in [-0.4, -0.2) is 24.5 Å². The second-order valence-electron chi connectivity index (χ2n) is 6.90. The second-order valence-corrected chi connectivity index (χ2v) is 6.90. The third-order valence-corrected chi connectivity index (χ3v) is 5.05. The quantitative estimate of drug-likeness (QED) is 0.442. The van der Waals surface area contributed by atoms with Gasteiger partial charge in [-0.2, -0.15) is 0 Å². The molecule has 0 saturated heterocycles. The van der Waals surface area contributed by atoms with Crippen LogP contribution in [0.2, 0.25) is 0 Å². The number of hydrogen-bond acceptors (Lipinski definition) is 5. The smallest absolute Gasteiger partial charge is 0.270 e. The molecule has 4 rings (SSSR count). The van der Waals surface area contributed by atoms with Gasteiger partial charge in [-0.25, -0.2) is 0 Å². The van der Waals surface area contributed by atoms with Crippen LogP contribution in [0.1, 0.15) is 22.3 Å². The number of para-hydroxylation sites is 1. The number of nitro benzene ring substituents is 1. The summed E-state index contributed by atoms with van der Waals surface area (Å²) in [6, 6.07) is 18.7. The van der Waals surface area contributed by atoms with Crippen LogP contribution < -0.4 is 14.4 Å². The third-order valence-electron chi connectivity index (χ3n) is 5.05. The molecule has 0 atom stereocenters. The molecule has 152 valence electrons. The number of nitro groups is 1. The van der Waals surface area contributed by atoms with E-state index in [9.17, 15) is 14.9 Å². The van der Waals surface area contributed by atoms with Gasteiger partial charge in [-0.3, -0.25) is 14.9 Å². The molecule has 1 aliphatic rings. The van der Waals surface area contributed by atoms with Gasteiger partial charge in [0.05, 0.1) is 17.6 Å². The Hall–Kier alpha value is -3.87. The minimum Gasteiger partial charge on any atom is -0.497 e. The third kappa shape index (κ3) is 3.82. The van der Waals surface area contributed by atoms with Gasteiger partial charge in [0, 0.05) is 24.4 Å². The molecule has 0 N–H and O–H groups in total. The largest absolute Gasteiger partial charge is 0.497 e. The fourth-order valence-electron chi connectivity index (χ4n) is 3.55. The highest BCUT2D eigenvalue weighted by atomic mass is 16.6. The zero-order chi connectivity index (χ0) is 21.1. The normalized spacial score (nSPS) is 12.8. The first kappa shape index (κ1) is 19.4. The van der Waals surface area contributed by atoms with Crippen LogP contribution in [0.4, 0.5) is 11.4 Å². The number of carbonyl (C=O) groups excluding carboxylic acids is 1. The molecule has 7 nitrogen and oxygen atoms in total. The van der Waals surface area contributed by atoms with Crippen molar-refractivity contribution in [2.24, 2.45) is 0 Å². The molecule has 0 unspecified atom stereocenters. The predicted octanol–water partition coefficient (Wildman–Crippen LogP) is 4.99. The first-order valence-corrected chi connectivity index (χ1v) is 9.57. The zero-order valence-electron chi connectivity index (χ0n) is 16.4. The fraction of sp³-hybridized carbons (Fsp3) is 0.174. The topological polar surface area (TPSA) is 81.9 Å². The van der Waals surface area contributed by atoms with E-state index in [0.717, 1.165) is 24.1 Å². The maximum absolute atomic E-state index is 13.5. The molecule has 0 aliphatic carbocycles. The van der Waals surface area contributed by atoms with Gasteiger partial charge in [0.25, 0.3) is 11.6 Å². The predicted molar refractivity (Wildman–Crippen MR) is 113 cm³/mol. The van der Waals surface area contributed by atoms with Crippen LogP contribution in [0, 0.1) is 10.1 Å². The van der Waals surface area contributed by atoms with Crippen molar-refractivity contribution < 1.29 is 19.2 Å². The van der Waals surface area contributed by atoms with E-state index >= 15 is 0 Å². The van der Waals surface area contributed by atoms with Gasteiger partial charge < -0.3 is 14.4 Å². The van der Waals surface area contributed by atoms with E-state index in [1.54, 1.807) is 36.3 Å². The van der Waals surface area contributed by atoms with Gasteiger partial charge in [-0.15, -0.1) is 0 Å². The summed E-state index contributed by atoms with van der Waals surface area (Å²) >= 11 is 0. The lowest BCUT2D eigenvalue weighted by Gasteiger charge is -2.30. The summed E-state index contributed by atoms with van der Waals surface area (Å²) < 4.78 is 11.1. The fourth-order valence-corrected chi connectivity index (χ4v) is 3.55. The van der Waals surface area contributed by atoms with E-state index in [1.165, 1.54) is 18.2 Å². The number of rotatable bonds is 5. The molecule has 0 bridgehead atoms. The van der Waals surface area contributed by atoms with Crippen LogP contribution in [0.5, 0.6) is 17.2 Å². The summed E-state index contributed by atoms with van der Waals surface area (Å²) in [6.45, 7) is 0.542. The summed E-state index contributed by atoms with van der Waals surface area (Å²) in [7, 11) is 1.57. The molecular formula is C23H20N2O5. The van der Waals surface area contributed by atoms with Crippen molar-refractivity contribution in [3.63, 3.8) is 0 Å². The number of fused-ring (bicyclic) bond motifs is 1. The molecule has 0 radical (unpaired) electrons. The number of benzene rings is 3. The molecule has 0 saturated carbocycles. The van der Waals surface area contributed by atoms with Gasteiger partial charge in [-0.05, 0) is 54.8 Å². The van der Waals surface area contributed by atoms with Gasteiger partial charge >= 0.3 is 0 Å². The van der Waals surface area contributed by atoms with E-state index in [0.29, 0.717) is 18.0 Å². The molecule has 0 aromatic heterocycles. The minimum absolute atomic E-state index is 0.150. The van der Waals surface area contributed by atoms with Crippen molar-refractivity contribution in [2.45, 2.75) is 12.8 Å². The number of amides is 1. The molecule has 7 heteroatoms. The van der Waals surface area contributed by atoms with Crippen LogP contribution in [0.3, 0.4) is 0 Å². The Morgan fingerprint density at radius 3 is 2.50 bits per heavy atom. The number of hydrogen-bond donors (Lipinski definition) is 0. The van der Waals surface area contributed by atoms with Gasteiger partial charge in [-0.1, -0.05) is 18.2 Å². The molecule has 0 spiro atoms. The Kier molecular flexibility index (Phi) is 5.34. The first-order chi connectivity index (χ1) is 14.6. The molecule has 3 aromatic rings. The Bertz CT molecular complexity index is 1100. The highest BCUT2D eigenvalue weighted by molar-refractivity contribution is 6.09. The number of ether oxygens (including phenoxy) is 2. The average Bonchev–Trinajstić information content (AvgIpc) is 2.79. The Morgan fingerprint density at radius 1 is 1.03 bits per heavy atom. The Morgan fingerprint density at radius 2 is 1.77 bits per heavy atom. The lowest BCUT2D eigenvalue weighted by Crippen LogP contribution is -2.35. The first-order valence-electron chi connectivity index (χ1n) is 9.57. The van der Waals surface area contributed by atoms with E-state index < -0.39 is 4.92 Å². The van der Waals surface area contributed by atoms with Crippen LogP contribution in [-0.2, 0) is 6.42 Å². The number of aryl methyl sites for hydroxylation is 1. The second kappa shape index (κ2) is 8.24. The van der Waals surface area contributed by atoms with Gasteiger partial charge in [0.2, 0.25) is 0 Å². The van der Waals surface area contributed by atoms with Crippen LogP contribution in [0.25, 0.3) is 0 Å². The monoisotopic (exact) mass is 404 g/mol. The Balaban J connectivity index is 1.72. The Labute approximate surface area is 173 Å². The van der Waals surface area contributed by atoms with Crippen molar-refractivity contribution in [1.82, 2.24) is 0 Å². The summed E-state index contributed by atoms with van der Waals surface area (Å²) in [5.74, 6) is 1.11. The maximum Gasteiger partial charge on any atom is 0.270 e. The van der Waals surface area contributed by atoms with Crippen LogP contribution >= 0.6 is 0 Å². The van der Waals surface area contributed by atoms with Gasteiger partial charge in [0.15, 0.2) is 0 Å². The summed E-state index contributed by atoms with van der Waals surface area (Å²) in [5, 5.41) is 11.3. The average molecular weight is 404 g/mol. The van der Waals surface area contributed by atoms with Crippen molar-refractivity contribution in [3.8, 4) is 17.2 Å². The zero-order valence-corrected chi connectivity index (χ0v) is 16.4. The van der Waals surface area contributed by atoms with E-state index in [4.69, 9.17) is 9.47 Å². The van der Waals surface area contributed by atoms with Crippen LogP contribution in [0.15, 0.2) is 66.7 Å². The highest BCUT2D eigenvalue weighted by Gasteiger charge is 2.27. The summed E-state index contributed by atoms with van der Waals surface area (Å²) in [5.41, 5.74) is 1.90. The number of nitrogens with zero attached hydrogens (tertiary/aromatic N) is 2. The molecule has 1 heterocycles. The number of carbonyl (C=O) groups is 1.